The number of aliphatic hydroxyl groups is 1. The number of nitrogens with zero attached hydrogens (tertiary/aromatic N) is 3. The van der Waals surface area contributed by atoms with Gasteiger partial charge in [0, 0.05) is 72.2 Å². The zero-order chi connectivity index (χ0) is 44.8. The first-order chi connectivity index (χ1) is 30.1. The van der Waals surface area contributed by atoms with E-state index in [2.05, 4.69) is 61.4 Å². The van der Waals surface area contributed by atoms with Crippen LogP contribution < -0.4 is 19.2 Å². The number of thioether (sulfide) groups is 1. The van der Waals surface area contributed by atoms with Crippen LogP contribution in [0.1, 0.15) is 87.5 Å². The van der Waals surface area contributed by atoms with Crippen LogP contribution in [0.3, 0.4) is 0 Å². The van der Waals surface area contributed by atoms with Crippen LogP contribution in [0.15, 0.2) is 74.4 Å². The Morgan fingerprint density at radius 1 is 1.10 bits per heavy atom. The van der Waals surface area contributed by atoms with E-state index in [0.717, 1.165) is 45.6 Å². The Bertz CT molecular complexity index is 2460. The normalized spacial score (nSPS) is 22.9. The smallest absolute Gasteiger partial charge is 0.277 e. The summed E-state index contributed by atoms with van der Waals surface area (Å²) in [7, 11) is -2.50. The molecular weight excluding hydrogens is 937 g/mol. The third-order valence-corrected chi connectivity index (χ3v) is 23.9. The number of nitrogens with one attached hydrogen (secondary N) is 1. The zero-order valence-corrected chi connectivity index (χ0v) is 42.4. The van der Waals surface area contributed by atoms with Crippen molar-refractivity contribution in [2.45, 2.75) is 118 Å². The second-order valence-corrected chi connectivity index (χ2v) is 28.3. The summed E-state index contributed by atoms with van der Waals surface area (Å²) in [6, 6.07) is 17.6. The molecule has 4 aliphatic rings. The highest BCUT2D eigenvalue weighted by atomic mass is 79.9. The van der Waals surface area contributed by atoms with Gasteiger partial charge in [0.15, 0.2) is 8.32 Å². The molecule has 0 bridgehead atoms. The second-order valence-electron chi connectivity index (χ2n) is 18.4. The van der Waals surface area contributed by atoms with Gasteiger partial charge in [0.2, 0.25) is 0 Å². The molecule has 1 amide bonds. The number of hydrogen-bond acceptors (Lipinski definition) is 11. The molecular formula is C47H61BrN4O7S3Si. The average molecular weight is 998 g/mol. The molecule has 16 heteroatoms. The quantitative estimate of drug-likeness (QED) is 0.0785. The number of benzene rings is 3. The Balaban J connectivity index is 1.23. The Hall–Kier alpha value is -3.12. The fourth-order valence-electron chi connectivity index (χ4n) is 10.5. The fourth-order valence-corrected chi connectivity index (χ4v) is 18.5. The lowest BCUT2D eigenvalue weighted by Gasteiger charge is -2.47. The molecule has 2 fully saturated rings. The number of amides is 1. The predicted molar refractivity (Wildman–Crippen MR) is 262 cm³/mol. The van der Waals surface area contributed by atoms with Crippen LogP contribution in [0.4, 0.5) is 5.69 Å². The summed E-state index contributed by atoms with van der Waals surface area (Å²) in [6.07, 6.45) is 3.18. The van der Waals surface area contributed by atoms with Crippen LogP contribution in [0.25, 0.3) is 10.8 Å². The van der Waals surface area contributed by atoms with E-state index in [1.54, 1.807) is 23.9 Å². The van der Waals surface area contributed by atoms with Crippen LogP contribution in [-0.4, -0.2) is 95.4 Å². The first-order valence-electron chi connectivity index (χ1n) is 22.3. The van der Waals surface area contributed by atoms with Crippen molar-refractivity contribution < 1.29 is 32.2 Å². The largest absolute Gasteiger partial charge is 0.492 e. The van der Waals surface area contributed by atoms with E-state index < -0.39 is 29.9 Å². The molecule has 63 heavy (non-hydrogen) atoms. The monoisotopic (exact) mass is 996 g/mol. The molecule has 8 rings (SSSR count). The van der Waals surface area contributed by atoms with Gasteiger partial charge in [0.25, 0.3) is 15.9 Å². The van der Waals surface area contributed by atoms with Gasteiger partial charge in [-0.2, -0.15) is 25.3 Å². The molecule has 2 aliphatic heterocycles. The Morgan fingerprint density at radius 3 is 2.51 bits per heavy atom. The van der Waals surface area contributed by atoms with Gasteiger partial charge in [-0.25, -0.2) is 4.83 Å². The number of rotatable bonds is 17. The van der Waals surface area contributed by atoms with E-state index in [4.69, 9.17) is 19.0 Å². The number of sulfonamides is 1. The first kappa shape index (κ1) is 46.4. The van der Waals surface area contributed by atoms with Gasteiger partial charge >= 0.3 is 0 Å². The molecule has 1 spiro atoms. The van der Waals surface area contributed by atoms with Crippen molar-refractivity contribution in [3.05, 3.63) is 80.5 Å². The second kappa shape index (κ2) is 18.6. The van der Waals surface area contributed by atoms with Crippen LogP contribution in [-0.2, 0) is 26.4 Å². The summed E-state index contributed by atoms with van der Waals surface area (Å²) in [5, 5.41) is 18.3. The minimum Gasteiger partial charge on any atom is -0.492 e. The van der Waals surface area contributed by atoms with E-state index in [1.807, 2.05) is 65.7 Å². The number of hydrazone groups is 1. The van der Waals surface area contributed by atoms with E-state index in [0.29, 0.717) is 89.2 Å². The standard InChI is InChI=1S/C47H61BrN4O7S3Si/c1-8-63(29(2)3,30(4)5)58-28-34-25-47-41(59-45-43(47)32(22-38(44(45)48)57-27-31-17-18-31)26-52(34)46(54)39-15-11-20-60-39)23-33(24-42(47)61-21-19-53)49-50-62(55,56)40-16-10-12-35-36(40)13-9-14-37(35)51(6)7/h9-16,20,22,29-31,34,41-42,50,53H,8,17-19,21,23-28H2,1-7H3/b49-33+/t34-,41+,42+,47+/m0/s1. The van der Waals surface area contributed by atoms with Gasteiger partial charge < -0.3 is 28.8 Å². The highest BCUT2D eigenvalue weighted by molar-refractivity contribution is 9.10. The number of hydrogen-bond donors (Lipinski definition) is 2. The van der Waals surface area contributed by atoms with E-state index in [1.165, 1.54) is 11.3 Å². The molecule has 2 N–H and O–H groups in total. The van der Waals surface area contributed by atoms with Crippen molar-refractivity contribution in [1.82, 2.24) is 9.73 Å². The first-order valence-corrected chi connectivity index (χ1v) is 28.7. The molecule has 4 atom stereocenters. The number of aliphatic hydroxyl groups excluding tert-OH is 1. The molecule has 1 aromatic heterocycles. The molecule has 0 radical (unpaired) electrons. The SMILES string of the molecule is CC[Si](OC[C@@H]1C[C@@]23c4c(cc(OCC5CC5)c(Br)c4O[C@@H]2C/C(=N\NS(=O)(=O)c2cccc4c(N(C)C)cccc24)C[C@H]3SCCO)CN1C(=O)c1cccs1)(C(C)C)C(C)C. The van der Waals surface area contributed by atoms with E-state index >= 15 is 0 Å². The minimum atomic E-state index is -4.09. The molecule has 0 unspecified atom stereocenters. The summed E-state index contributed by atoms with van der Waals surface area (Å²) in [6.45, 7) is 12.7. The maximum absolute atomic E-state index is 14.9. The Kier molecular flexibility index (Phi) is 13.7. The summed E-state index contributed by atoms with van der Waals surface area (Å²) >= 11 is 7.06. The lowest BCUT2D eigenvalue weighted by molar-refractivity contribution is 0.0462. The maximum Gasteiger partial charge on any atom is 0.277 e. The highest BCUT2D eigenvalue weighted by Crippen LogP contribution is 2.61. The van der Waals surface area contributed by atoms with Crippen molar-refractivity contribution in [2.75, 3.05) is 44.6 Å². The molecule has 4 aromatic rings. The summed E-state index contributed by atoms with van der Waals surface area (Å²) in [5.41, 5.74) is 3.70. The third kappa shape index (κ3) is 8.71. The highest BCUT2D eigenvalue weighted by Gasteiger charge is 2.61. The van der Waals surface area contributed by atoms with Crippen molar-refractivity contribution >= 4 is 85.4 Å². The number of carbonyl (C=O) groups excluding carboxylic acids is 1. The number of fused-ring (bicyclic) bond motifs is 1. The number of anilines is 1. The molecule has 0 saturated heterocycles. The van der Waals surface area contributed by atoms with Crippen molar-refractivity contribution in [3.8, 4) is 11.5 Å². The zero-order valence-electron chi connectivity index (χ0n) is 37.4. The van der Waals surface area contributed by atoms with Crippen molar-refractivity contribution in [1.29, 1.82) is 0 Å². The third-order valence-electron chi connectivity index (χ3n) is 13.9. The van der Waals surface area contributed by atoms with Gasteiger partial charge in [-0.15, -0.1) is 11.3 Å². The lowest BCUT2D eigenvalue weighted by Crippen LogP contribution is -2.56. The van der Waals surface area contributed by atoms with Crippen LogP contribution in [0, 0.1) is 5.92 Å². The van der Waals surface area contributed by atoms with Gasteiger partial charge in [-0.05, 0) is 93.4 Å². The number of ether oxygens (including phenoxy) is 2. The van der Waals surface area contributed by atoms with Crippen LogP contribution in [0.5, 0.6) is 11.5 Å². The molecule has 11 nitrogen and oxygen atoms in total. The van der Waals surface area contributed by atoms with Crippen molar-refractivity contribution in [3.63, 3.8) is 0 Å². The topological polar surface area (TPSA) is 130 Å². The average Bonchev–Trinajstić information content (AvgIpc) is 3.84. The molecule has 2 aliphatic carbocycles. The van der Waals surface area contributed by atoms with Crippen LogP contribution >= 0.6 is 39.0 Å². The molecule has 2 saturated carbocycles. The van der Waals surface area contributed by atoms with Crippen LogP contribution in [0.2, 0.25) is 17.1 Å². The summed E-state index contributed by atoms with van der Waals surface area (Å²) in [5.74, 6) is 2.35. The Morgan fingerprint density at radius 2 is 1.84 bits per heavy atom. The van der Waals surface area contributed by atoms with Crippen molar-refractivity contribution in [2.24, 2.45) is 11.0 Å². The fraction of sp³-hybridized carbons (Fsp3) is 0.532. The van der Waals surface area contributed by atoms with E-state index in [-0.39, 0.29) is 28.7 Å². The van der Waals surface area contributed by atoms with Gasteiger partial charge in [0.05, 0.1) is 41.1 Å². The molecule has 340 valence electrons. The van der Waals surface area contributed by atoms with Gasteiger partial charge in [-0.1, -0.05) is 65.0 Å². The Labute approximate surface area is 390 Å². The minimum absolute atomic E-state index is 0.0272. The number of carbonyl (C=O) groups is 1. The molecule has 3 heterocycles. The summed E-state index contributed by atoms with van der Waals surface area (Å²) in [4.78, 5) is 22.3. The lowest BCUT2D eigenvalue weighted by atomic mass is 9.64. The van der Waals surface area contributed by atoms with Gasteiger partial charge in [0.1, 0.15) is 22.1 Å². The molecule has 3 aromatic carbocycles. The number of halogens is 1. The van der Waals surface area contributed by atoms with E-state index in [9.17, 15) is 18.3 Å². The number of thiophene rings is 1. The maximum atomic E-state index is 14.9. The summed E-state index contributed by atoms with van der Waals surface area (Å²) < 4.78 is 50.2. The van der Waals surface area contributed by atoms with Gasteiger partial charge in [-0.3, -0.25) is 4.79 Å². The predicted octanol–water partition coefficient (Wildman–Crippen LogP) is 9.96.